The Morgan fingerprint density at radius 2 is 1.96 bits per heavy atom. The van der Waals surface area contributed by atoms with Crippen LogP contribution in [0.3, 0.4) is 0 Å². The smallest absolute Gasteiger partial charge is 0.417 e. The maximum absolute atomic E-state index is 12.3. The maximum atomic E-state index is 12.3. The Morgan fingerprint density at radius 3 is 2.76 bits per heavy atom. The number of hydrogen-bond donors (Lipinski definition) is 2. The molecule has 132 valence electrons. The van der Waals surface area contributed by atoms with Crippen LogP contribution < -0.4 is 20.0 Å². The summed E-state index contributed by atoms with van der Waals surface area (Å²) >= 11 is 0. The number of aromatic amines is 1. The van der Waals surface area contributed by atoms with Crippen molar-refractivity contribution in [3.8, 4) is 11.5 Å². The van der Waals surface area contributed by atoms with Crippen LogP contribution in [0.1, 0.15) is 0 Å². The molecule has 9 heteroatoms. The molecule has 1 aromatic heterocycles. The minimum Gasteiger partial charge on any atom is -0.497 e. The van der Waals surface area contributed by atoms with Crippen LogP contribution in [0.25, 0.3) is 11.1 Å². The molecule has 0 radical (unpaired) electrons. The molecule has 0 aliphatic carbocycles. The van der Waals surface area contributed by atoms with Gasteiger partial charge in [0.15, 0.2) is 5.58 Å². The van der Waals surface area contributed by atoms with Crippen LogP contribution in [0.5, 0.6) is 11.5 Å². The molecule has 0 saturated heterocycles. The number of methoxy groups -OCH3 is 1. The van der Waals surface area contributed by atoms with Crippen molar-refractivity contribution in [2.45, 2.75) is 4.90 Å². The summed E-state index contributed by atoms with van der Waals surface area (Å²) in [7, 11) is -2.18. The second kappa shape index (κ2) is 6.99. The van der Waals surface area contributed by atoms with E-state index >= 15 is 0 Å². The summed E-state index contributed by atoms with van der Waals surface area (Å²) in [5, 5.41) is 0. The molecule has 0 bridgehead atoms. The molecule has 3 aromatic rings. The SMILES string of the molecule is COc1cccc(OCCNS(=O)(=O)c2ccc3oc(=O)[nH]c3c2)c1. The average molecular weight is 364 g/mol. The summed E-state index contributed by atoms with van der Waals surface area (Å²) in [5.74, 6) is 0.598. The molecule has 2 aromatic carbocycles. The molecule has 8 nitrogen and oxygen atoms in total. The topological polar surface area (TPSA) is 111 Å². The van der Waals surface area contributed by atoms with E-state index in [4.69, 9.17) is 13.9 Å². The lowest BCUT2D eigenvalue weighted by atomic mass is 10.3. The van der Waals surface area contributed by atoms with E-state index in [2.05, 4.69) is 9.71 Å². The molecule has 0 fully saturated rings. The number of hydrogen-bond acceptors (Lipinski definition) is 6. The van der Waals surface area contributed by atoms with Gasteiger partial charge in [-0.05, 0) is 30.3 Å². The minimum absolute atomic E-state index is 0.0263. The van der Waals surface area contributed by atoms with E-state index in [0.29, 0.717) is 22.6 Å². The van der Waals surface area contributed by atoms with Crippen LogP contribution >= 0.6 is 0 Å². The predicted molar refractivity (Wildman–Crippen MR) is 90.5 cm³/mol. The number of fused-ring (bicyclic) bond motifs is 1. The second-order valence-electron chi connectivity index (χ2n) is 5.10. The van der Waals surface area contributed by atoms with Crippen LogP contribution in [-0.4, -0.2) is 33.7 Å². The molecule has 2 N–H and O–H groups in total. The van der Waals surface area contributed by atoms with E-state index < -0.39 is 15.8 Å². The number of benzene rings is 2. The van der Waals surface area contributed by atoms with Gasteiger partial charge in [-0.1, -0.05) is 6.07 Å². The maximum Gasteiger partial charge on any atom is 0.417 e. The lowest BCUT2D eigenvalue weighted by Gasteiger charge is -2.09. The van der Waals surface area contributed by atoms with Crippen LogP contribution in [0.15, 0.2) is 56.6 Å². The molecule has 0 aliphatic rings. The van der Waals surface area contributed by atoms with Crippen molar-refractivity contribution in [2.24, 2.45) is 0 Å². The third-order valence-electron chi connectivity index (χ3n) is 3.40. The Kier molecular flexibility index (Phi) is 4.77. The van der Waals surface area contributed by atoms with Crippen LogP contribution in [0.4, 0.5) is 0 Å². The molecule has 0 saturated carbocycles. The van der Waals surface area contributed by atoms with E-state index in [1.807, 2.05) is 0 Å². The van der Waals surface area contributed by atoms with Crippen molar-refractivity contribution in [2.75, 3.05) is 20.3 Å². The first kappa shape index (κ1) is 17.1. The minimum atomic E-state index is -3.73. The zero-order chi connectivity index (χ0) is 17.9. The number of nitrogens with one attached hydrogen (secondary N) is 2. The van der Waals surface area contributed by atoms with Crippen molar-refractivity contribution in [1.82, 2.24) is 9.71 Å². The number of aromatic nitrogens is 1. The Bertz CT molecular complexity index is 1040. The summed E-state index contributed by atoms with van der Waals surface area (Å²) in [6.45, 7) is 0.233. The first-order valence-corrected chi connectivity index (χ1v) is 8.86. The highest BCUT2D eigenvalue weighted by molar-refractivity contribution is 7.89. The van der Waals surface area contributed by atoms with Gasteiger partial charge in [0.05, 0.1) is 17.5 Å². The van der Waals surface area contributed by atoms with Gasteiger partial charge in [-0.3, -0.25) is 4.98 Å². The lowest BCUT2D eigenvalue weighted by molar-refractivity contribution is 0.320. The Hall–Kier alpha value is -2.78. The molecule has 3 rings (SSSR count). The van der Waals surface area contributed by atoms with Gasteiger partial charge in [0, 0.05) is 12.6 Å². The quantitative estimate of drug-likeness (QED) is 0.615. The van der Waals surface area contributed by atoms with Gasteiger partial charge < -0.3 is 13.9 Å². The standard InChI is InChI=1S/C16H16N2O6S/c1-22-11-3-2-4-12(9-11)23-8-7-17-25(20,21)13-5-6-15-14(10-13)18-16(19)24-15/h2-6,9-10,17H,7-8H2,1H3,(H,18,19). The third kappa shape index (κ3) is 4.01. The lowest BCUT2D eigenvalue weighted by Crippen LogP contribution is -2.28. The average Bonchev–Trinajstić information content (AvgIpc) is 2.98. The predicted octanol–water partition coefficient (Wildman–Crippen LogP) is 1.49. The summed E-state index contributed by atoms with van der Waals surface area (Å²) < 4.78 is 42.4. The number of rotatable bonds is 7. The van der Waals surface area contributed by atoms with Crippen LogP contribution in [-0.2, 0) is 10.0 Å². The molecular weight excluding hydrogens is 348 g/mol. The van der Waals surface area contributed by atoms with Crippen molar-refractivity contribution < 1.29 is 22.3 Å². The fourth-order valence-electron chi connectivity index (χ4n) is 2.22. The molecule has 1 heterocycles. The van der Waals surface area contributed by atoms with E-state index in [1.54, 1.807) is 31.4 Å². The molecule has 0 aliphatic heterocycles. The second-order valence-corrected chi connectivity index (χ2v) is 6.86. The van der Waals surface area contributed by atoms with Gasteiger partial charge >= 0.3 is 5.76 Å². The van der Waals surface area contributed by atoms with Crippen molar-refractivity contribution in [3.63, 3.8) is 0 Å². The Balaban J connectivity index is 1.61. The van der Waals surface area contributed by atoms with E-state index in [-0.39, 0.29) is 18.0 Å². The van der Waals surface area contributed by atoms with Gasteiger partial charge in [0.1, 0.15) is 18.1 Å². The number of sulfonamides is 1. The van der Waals surface area contributed by atoms with Crippen molar-refractivity contribution in [1.29, 1.82) is 0 Å². The molecule has 25 heavy (non-hydrogen) atoms. The fourth-order valence-corrected chi connectivity index (χ4v) is 3.26. The highest BCUT2D eigenvalue weighted by Crippen LogP contribution is 2.19. The Labute approximate surface area is 143 Å². The Morgan fingerprint density at radius 1 is 1.16 bits per heavy atom. The molecule has 0 spiro atoms. The summed E-state index contributed by atoms with van der Waals surface area (Å²) in [4.78, 5) is 13.6. The van der Waals surface area contributed by atoms with E-state index in [0.717, 1.165) is 0 Å². The highest BCUT2D eigenvalue weighted by atomic mass is 32.2. The van der Waals surface area contributed by atoms with E-state index in [9.17, 15) is 13.2 Å². The van der Waals surface area contributed by atoms with Gasteiger partial charge in [-0.15, -0.1) is 0 Å². The van der Waals surface area contributed by atoms with Gasteiger partial charge in [0.25, 0.3) is 0 Å². The number of oxazole rings is 1. The summed E-state index contributed by atoms with van der Waals surface area (Å²) in [6, 6.07) is 11.1. The zero-order valence-electron chi connectivity index (χ0n) is 13.3. The van der Waals surface area contributed by atoms with Gasteiger partial charge in [-0.25, -0.2) is 17.9 Å². The van der Waals surface area contributed by atoms with Crippen LogP contribution in [0.2, 0.25) is 0 Å². The molecule has 0 unspecified atom stereocenters. The zero-order valence-corrected chi connectivity index (χ0v) is 14.1. The largest absolute Gasteiger partial charge is 0.497 e. The van der Waals surface area contributed by atoms with Gasteiger partial charge in [-0.2, -0.15) is 0 Å². The third-order valence-corrected chi connectivity index (χ3v) is 4.86. The van der Waals surface area contributed by atoms with E-state index in [1.165, 1.54) is 18.2 Å². The number of ether oxygens (including phenoxy) is 2. The van der Waals surface area contributed by atoms with Crippen molar-refractivity contribution in [3.05, 3.63) is 53.0 Å². The fraction of sp³-hybridized carbons (Fsp3) is 0.188. The molecule has 0 amide bonds. The van der Waals surface area contributed by atoms with Crippen molar-refractivity contribution >= 4 is 21.1 Å². The first-order chi connectivity index (χ1) is 12.0. The monoisotopic (exact) mass is 364 g/mol. The highest BCUT2D eigenvalue weighted by Gasteiger charge is 2.15. The molecule has 0 atom stereocenters. The summed E-state index contributed by atoms with van der Waals surface area (Å²) in [5.41, 5.74) is 0.616. The normalized spacial score (nSPS) is 11.6. The summed E-state index contributed by atoms with van der Waals surface area (Å²) in [6.07, 6.45) is 0. The first-order valence-electron chi connectivity index (χ1n) is 7.37. The van der Waals surface area contributed by atoms with Gasteiger partial charge in [0.2, 0.25) is 10.0 Å². The van der Waals surface area contributed by atoms with Crippen LogP contribution in [0, 0.1) is 0 Å². The number of H-pyrrole nitrogens is 1. The molecular formula is C16H16N2O6S.